The Kier molecular flexibility index (Phi) is 3.55. The monoisotopic (exact) mass is 257 g/mol. The molecule has 2 N–H and O–H groups in total. The van der Waals surface area contributed by atoms with Crippen LogP contribution in [0.25, 0.3) is 0 Å². The number of pyridine rings is 1. The van der Waals surface area contributed by atoms with Crippen LogP contribution in [0, 0.1) is 0 Å². The maximum absolute atomic E-state index is 4.58. The van der Waals surface area contributed by atoms with E-state index >= 15 is 0 Å². The minimum Gasteiger partial charge on any atom is -0.307 e. The van der Waals surface area contributed by atoms with Gasteiger partial charge < -0.3 is 5.32 Å². The molecular weight excluding hydrogens is 238 g/mol. The van der Waals surface area contributed by atoms with Crippen molar-refractivity contribution in [2.45, 2.75) is 38.1 Å². The summed E-state index contributed by atoms with van der Waals surface area (Å²) in [6.45, 7) is 3.15. The zero-order chi connectivity index (χ0) is 13.1. The maximum atomic E-state index is 4.58. The second-order valence-electron chi connectivity index (χ2n) is 5.00. The van der Waals surface area contributed by atoms with Crippen molar-refractivity contribution in [3.05, 3.63) is 41.7 Å². The van der Waals surface area contributed by atoms with Gasteiger partial charge in [0.25, 0.3) is 0 Å². The molecule has 2 aromatic rings. The van der Waals surface area contributed by atoms with Crippen molar-refractivity contribution in [1.82, 2.24) is 25.5 Å². The molecule has 0 amide bonds. The number of aromatic amines is 1. The normalized spacial score (nSPS) is 19.3. The quantitative estimate of drug-likeness (QED) is 0.859. The molecule has 100 valence electrons. The number of hydrogen-bond donors (Lipinski definition) is 2. The van der Waals surface area contributed by atoms with E-state index in [1.54, 1.807) is 6.33 Å². The summed E-state index contributed by atoms with van der Waals surface area (Å²) in [5.41, 5.74) is 2.59. The molecule has 2 atom stereocenters. The third-order valence-corrected chi connectivity index (χ3v) is 3.75. The highest BCUT2D eigenvalue weighted by atomic mass is 15.2. The lowest BCUT2D eigenvalue weighted by atomic mass is 9.96. The molecule has 0 radical (unpaired) electrons. The summed E-state index contributed by atoms with van der Waals surface area (Å²) in [5.74, 6) is 1.30. The largest absolute Gasteiger partial charge is 0.307 e. The van der Waals surface area contributed by atoms with Crippen molar-refractivity contribution in [1.29, 1.82) is 0 Å². The minimum atomic E-state index is 0.179. The van der Waals surface area contributed by atoms with Crippen LogP contribution < -0.4 is 5.32 Å². The number of aryl methyl sites for hydroxylation is 1. The van der Waals surface area contributed by atoms with Gasteiger partial charge in [0.15, 0.2) is 0 Å². The number of aromatic nitrogens is 4. The van der Waals surface area contributed by atoms with Crippen molar-refractivity contribution < 1.29 is 0 Å². The fourth-order valence-corrected chi connectivity index (χ4v) is 2.86. The molecule has 0 bridgehead atoms. The van der Waals surface area contributed by atoms with Gasteiger partial charge in [0, 0.05) is 17.8 Å². The van der Waals surface area contributed by atoms with E-state index in [1.165, 1.54) is 11.3 Å². The van der Waals surface area contributed by atoms with Crippen LogP contribution in [0.3, 0.4) is 0 Å². The average Bonchev–Trinajstić information content (AvgIpc) is 3.09. The molecule has 2 heterocycles. The average molecular weight is 257 g/mol. The molecule has 0 aliphatic heterocycles. The molecule has 2 aromatic heterocycles. The Bertz CT molecular complexity index is 522. The fourth-order valence-electron chi connectivity index (χ4n) is 2.86. The van der Waals surface area contributed by atoms with Gasteiger partial charge in [-0.3, -0.25) is 10.1 Å². The van der Waals surface area contributed by atoms with Gasteiger partial charge in [0.1, 0.15) is 12.2 Å². The Labute approximate surface area is 112 Å². The van der Waals surface area contributed by atoms with Crippen LogP contribution in [-0.4, -0.2) is 26.7 Å². The molecule has 2 unspecified atom stereocenters. The lowest BCUT2D eigenvalue weighted by molar-refractivity contribution is 0.420. The van der Waals surface area contributed by atoms with E-state index in [4.69, 9.17) is 0 Å². The first-order chi connectivity index (χ1) is 9.40. The van der Waals surface area contributed by atoms with Crippen molar-refractivity contribution >= 4 is 0 Å². The van der Waals surface area contributed by atoms with Crippen molar-refractivity contribution in [2.75, 3.05) is 6.54 Å². The van der Waals surface area contributed by atoms with Crippen LogP contribution in [-0.2, 0) is 6.42 Å². The zero-order valence-corrected chi connectivity index (χ0v) is 11.1. The molecule has 3 rings (SSSR count). The highest BCUT2D eigenvalue weighted by Gasteiger charge is 2.33. The number of rotatable bonds is 5. The lowest BCUT2D eigenvalue weighted by Gasteiger charge is -2.22. The number of H-pyrrole nitrogens is 1. The van der Waals surface area contributed by atoms with Crippen LogP contribution in [0.5, 0.6) is 0 Å². The van der Waals surface area contributed by atoms with E-state index in [2.05, 4.69) is 38.5 Å². The van der Waals surface area contributed by atoms with Gasteiger partial charge in [0.05, 0.1) is 6.04 Å². The molecule has 5 nitrogen and oxygen atoms in total. The third-order valence-electron chi connectivity index (χ3n) is 3.75. The Morgan fingerprint density at radius 2 is 2.42 bits per heavy atom. The van der Waals surface area contributed by atoms with Gasteiger partial charge in [-0.15, -0.1) is 0 Å². The molecular formula is C14H19N5. The summed E-state index contributed by atoms with van der Waals surface area (Å²) in [6.07, 6.45) is 6.78. The van der Waals surface area contributed by atoms with Crippen molar-refractivity contribution in [3.63, 3.8) is 0 Å². The third kappa shape index (κ3) is 2.38. The molecule has 1 aliphatic carbocycles. The number of nitrogens with one attached hydrogen (secondary N) is 2. The Balaban J connectivity index is 1.89. The number of nitrogens with zero attached hydrogens (tertiary/aromatic N) is 3. The van der Waals surface area contributed by atoms with Crippen molar-refractivity contribution in [2.24, 2.45) is 0 Å². The Morgan fingerprint density at radius 3 is 3.21 bits per heavy atom. The summed E-state index contributed by atoms with van der Waals surface area (Å²) in [7, 11) is 0. The second-order valence-corrected chi connectivity index (χ2v) is 5.00. The first kappa shape index (κ1) is 12.3. The molecule has 1 aliphatic rings. The maximum Gasteiger partial charge on any atom is 0.142 e. The van der Waals surface area contributed by atoms with Gasteiger partial charge in [0.2, 0.25) is 0 Å². The van der Waals surface area contributed by atoms with Crippen LogP contribution >= 0.6 is 0 Å². The van der Waals surface area contributed by atoms with Crippen LogP contribution in [0.15, 0.2) is 24.7 Å². The molecule has 0 aromatic carbocycles. The molecule has 0 fully saturated rings. The SMILES string of the molecule is CCCNC(c1ncn[nH]1)C1CCc2cccnc21. The topological polar surface area (TPSA) is 66.5 Å². The summed E-state index contributed by atoms with van der Waals surface area (Å²) in [6, 6.07) is 4.38. The van der Waals surface area contributed by atoms with E-state index in [-0.39, 0.29) is 6.04 Å². The highest BCUT2D eigenvalue weighted by molar-refractivity contribution is 5.30. The zero-order valence-electron chi connectivity index (χ0n) is 11.1. The summed E-state index contributed by atoms with van der Waals surface area (Å²) >= 11 is 0. The van der Waals surface area contributed by atoms with E-state index < -0.39 is 0 Å². The fraction of sp³-hybridized carbons (Fsp3) is 0.500. The predicted molar refractivity (Wildman–Crippen MR) is 72.7 cm³/mol. The minimum absolute atomic E-state index is 0.179. The van der Waals surface area contributed by atoms with Crippen LogP contribution in [0.1, 0.15) is 48.8 Å². The standard InChI is InChI=1S/C14H19N5/c1-2-7-15-13(14-17-9-18-19-14)11-6-5-10-4-3-8-16-12(10)11/h3-4,8-9,11,13,15H,2,5-7H2,1H3,(H,17,18,19). The molecule has 5 heteroatoms. The Hall–Kier alpha value is -1.75. The Morgan fingerprint density at radius 1 is 1.47 bits per heavy atom. The number of hydrogen-bond acceptors (Lipinski definition) is 4. The molecule has 0 saturated carbocycles. The van der Waals surface area contributed by atoms with E-state index in [1.807, 2.05) is 12.3 Å². The molecule has 0 saturated heterocycles. The van der Waals surface area contributed by atoms with E-state index in [0.29, 0.717) is 5.92 Å². The predicted octanol–water partition coefficient (Wildman–Crippen LogP) is 1.97. The van der Waals surface area contributed by atoms with Gasteiger partial charge >= 0.3 is 0 Å². The first-order valence-electron chi connectivity index (χ1n) is 6.92. The molecule has 0 spiro atoms. The van der Waals surface area contributed by atoms with Gasteiger partial charge in [-0.25, -0.2) is 4.98 Å². The highest BCUT2D eigenvalue weighted by Crippen LogP contribution is 2.39. The summed E-state index contributed by atoms with van der Waals surface area (Å²) < 4.78 is 0. The summed E-state index contributed by atoms with van der Waals surface area (Å²) in [4.78, 5) is 8.91. The first-order valence-corrected chi connectivity index (χ1v) is 6.92. The van der Waals surface area contributed by atoms with E-state index in [9.17, 15) is 0 Å². The van der Waals surface area contributed by atoms with Crippen LogP contribution in [0.4, 0.5) is 0 Å². The molecule has 19 heavy (non-hydrogen) atoms. The van der Waals surface area contributed by atoms with Crippen molar-refractivity contribution in [3.8, 4) is 0 Å². The van der Waals surface area contributed by atoms with E-state index in [0.717, 1.165) is 31.6 Å². The summed E-state index contributed by atoms with van der Waals surface area (Å²) in [5, 5.41) is 10.6. The van der Waals surface area contributed by atoms with Gasteiger partial charge in [-0.05, 0) is 37.4 Å². The number of fused-ring (bicyclic) bond motifs is 1. The second kappa shape index (κ2) is 5.48. The van der Waals surface area contributed by atoms with Gasteiger partial charge in [-0.1, -0.05) is 13.0 Å². The lowest BCUT2D eigenvalue weighted by Crippen LogP contribution is -2.28. The smallest absolute Gasteiger partial charge is 0.142 e. The van der Waals surface area contributed by atoms with Crippen LogP contribution in [0.2, 0.25) is 0 Å². The van der Waals surface area contributed by atoms with Gasteiger partial charge in [-0.2, -0.15) is 5.10 Å².